The Bertz CT molecular complexity index is 1290. The summed E-state index contributed by atoms with van der Waals surface area (Å²) in [5.74, 6) is 0.433. The van der Waals surface area contributed by atoms with E-state index in [1.165, 1.54) is 6.08 Å². The predicted molar refractivity (Wildman–Crippen MR) is 131 cm³/mol. The van der Waals surface area contributed by atoms with Gasteiger partial charge in [-0.15, -0.1) is 0 Å². The van der Waals surface area contributed by atoms with Gasteiger partial charge in [-0.25, -0.2) is 9.48 Å². The summed E-state index contributed by atoms with van der Waals surface area (Å²) in [5, 5.41) is 7.80. The maximum atomic E-state index is 13.0. The second-order valence-corrected chi connectivity index (χ2v) is 8.04. The quantitative estimate of drug-likeness (QED) is 0.390. The number of benzene rings is 2. The van der Waals surface area contributed by atoms with E-state index in [4.69, 9.17) is 19.3 Å². The Balaban J connectivity index is 1.90. The van der Waals surface area contributed by atoms with Crippen LogP contribution < -0.4 is 14.8 Å². The zero-order valence-electron chi connectivity index (χ0n) is 19.9. The van der Waals surface area contributed by atoms with E-state index in [0.29, 0.717) is 33.9 Å². The molecule has 0 fully saturated rings. The van der Waals surface area contributed by atoms with Crippen LogP contribution in [0.3, 0.4) is 0 Å². The summed E-state index contributed by atoms with van der Waals surface area (Å²) in [6, 6.07) is 14.3. The van der Waals surface area contributed by atoms with E-state index in [-0.39, 0.29) is 18.9 Å². The monoisotopic (exact) mass is 473 g/mol. The minimum absolute atomic E-state index is 0.0715. The smallest absolute Gasteiger partial charge is 0.336 e. The van der Waals surface area contributed by atoms with Crippen molar-refractivity contribution in [2.24, 2.45) is 0 Å². The van der Waals surface area contributed by atoms with Crippen molar-refractivity contribution < 1.29 is 23.8 Å². The normalized spacial score (nSPS) is 15.4. The summed E-state index contributed by atoms with van der Waals surface area (Å²) in [7, 11) is 3.13. The Hall–Kier alpha value is -4.33. The molecule has 0 radical (unpaired) electrons. The van der Waals surface area contributed by atoms with Gasteiger partial charge in [-0.05, 0) is 37.3 Å². The molecule has 35 heavy (non-hydrogen) atoms. The molecule has 8 nitrogen and oxygen atoms in total. The number of methoxy groups -OCH3 is 2. The van der Waals surface area contributed by atoms with E-state index in [1.807, 2.05) is 48.7 Å². The van der Waals surface area contributed by atoms with Gasteiger partial charge < -0.3 is 19.5 Å². The lowest BCUT2D eigenvalue weighted by atomic mass is 9.89. The maximum absolute atomic E-state index is 13.0. The molecule has 4 rings (SSSR count). The number of esters is 1. The first kappa shape index (κ1) is 23.8. The molecule has 1 aromatic heterocycles. The number of carbonyl (C=O) groups is 2. The first-order valence-corrected chi connectivity index (χ1v) is 11.1. The summed E-state index contributed by atoms with van der Waals surface area (Å²) in [6.45, 7) is 5.45. The van der Waals surface area contributed by atoms with Crippen LogP contribution in [0.2, 0.25) is 0 Å². The lowest BCUT2D eigenvalue weighted by Crippen LogP contribution is -2.37. The number of hydrogen-bond donors (Lipinski definition) is 1. The highest BCUT2D eigenvalue weighted by Crippen LogP contribution is 2.39. The topological polar surface area (TPSA) is 91.7 Å². The van der Waals surface area contributed by atoms with Crippen LogP contribution in [-0.2, 0) is 14.3 Å². The number of nitrogens with zero attached hydrogens (tertiary/aromatic N) is 2. The van der Waals surface area contributed by atoms with E-state index in [2.05, 4.69) is 11.9 Å². The lowest BCUT2D eigenvalue weighted by Gasteiger charge is -2.27. The standard InChI is InChI=1S/C27H27N3O5/c1-5-13-35-27(32)24-17(2)14-23(31)28-26(24)20-16-30(19-9-7-6-8-10-19)29-25(20)18-11-12-21(33-3)22(15-18)34-4/h5-12,15-16,26H,1,13-14H2,2-4H3,(H,28,31). The van der Waals surface area contributed by atoms with Crippen molar-refractivity contribution in [2.75, 3.05) is 20.8 Å². The van der Waals surface area contributed by atoms with Crippen molar-refractivity contribution >= 4 is 11.9 Å². The highest BCUT2D eigenvalue weighted by atomic mass is 16.5. The van der Waals surface area contributed by atoms with Crippen molar-refractivity contribution in [3.8, 4) is 28.4 Å². The molecule has 1 amide bonds. The number of carbonyl (C=O) groups excluding carboxylic acids is 2. The maximum Gasteiger partial charge on any atom is 0.336 e. The van der Waals surface area contributed by atoms with Crippen molar-refractivity contribution in [3.05, 3.63) is 84.1 Å². The number of hydrogen-bond acceptors (Lipinski definition) is 6. The molecular formula is C27H27N3O5. The molecule has 1 atom stereocenters. The molecule has 1 unspecified atom stereocenters. The second kappa shape index (κ2) is 10.3. The number of aromatic nitrogens is 2. The van der Waals surface area contributed by atoms with Crippen molar-refractivity contribution in [2.45, 2.75) is 19.4 Å². The van der Waals surface area contributed by atoms with E-state index >= 15 is 0 Å². The fraction of sp³-hybridized carbons (Fsp3) is 0.222. The van der Waals surface area contributed by atoms with E-state index in [0.717, 1.165) is 11.3 Å². The number of para-hydroxylation sites is 1. The Morgan fingerprint density at radius 3 is 2.60 bits per heavy atom. The minimum Gasteiger partial charge on any atom is -0.493 e. The van der Waals surface area contributed by atoms with Gasteiger partial charge in [0.25, 0.3) is 0 Å². The van der Waals surface area contributed by atoms with Gasteiger partial charge in [0.1, 0.15) is 6.61 Å². The highest BCUT2D eigenvalue weighted by molar-refractivity contribution is 5.96. The average Bonchev–Trinajstić information content (AvgIpc) is 3.32. The van der Waals surface area contributed by atoms with Gasteiger partial charge in [0.05, 0.1) is 37.2 Å². The first-order valence-electron chi connectivity index (χ1n) is 11.1. The number of amides is 1. The molecule has 1 aliphatic rings. The van der Waals surface area contributed by atoms with Gasteiger partial charge in [-0.3, -0.25) is 4.79 Å². The zero-order valence-corrected chi connectivity index (χ0v) is 19.9. The van der Waals surface area contributed by atoms with Gasteiger partial charge in [0, 0.05) is 23.7 Å². The Labute approximate surface area is 203 Å². The highest BCUT2D eigenvalue weighted by Gasteiger charge is 2.35. The third-order valence-corrected chi connectivity index (χ3v) is 5.76. The summed E-state index contributed by atoms with van der Waals surface area (Å²) < 4.78 is 18.0. The molecule has 0 spiro atoms. The number of rotatable bonds is 8. The Morgan fingerprint density at radius 2 is 1.91 bits per heavy atom. The van der Waals surface area contributed by atoms with Gasteiger partial charge in [-0.2, -0.15) is 5.10 Å². The molecule has 0 saturated carbocycles. The molecule has 0 aliphatic carbocycles. The molecule has 1 aliphatic heterocycles. The molecule has 2 aromatic carbocycles. The second-order valence-electron chi connectivity index (χ2n) is 8.04. The van der Waals surface area contributed by atoms with E-state index < -0.39 is 12.0 Å². The van der Waals surface area contributed by atoms with Gasteiger partial charge in [-0.1, -0.05) is 36.4 Å². The lowest BCUT2D eigenvalue weighted by molar-refractivity contribution is -0.138. The largest absolute Gasteiger partial charge is 0.493 e. The first-order chi connectivity index (χ1) is 17.0. The molecule has 180 valence electrons. The average molecular weight is 474 g/mol. The fourth-order valence-corrected chi connectivity index (χ4v) is 4.12. The van der Waals surface area contributed by atoms with Crippen LogP contribution in [0.5, 0.6) is 11.5 Å². The molecular weight excluding hydrogens is 446 g/mol. The molecule has 2 heterocycles. The van der Waals surface area contributed by atoms with Gasteiger partial charge >= 0.3 is 5.97 Å². The fourth-order valence-electron chi connectivity index (χ4n) is 4.12. The van der Waals surface area contributed by atoms with Crippen LogP contribution in [0.4, 0.5) is 0 Å². The number of ether oxygens (including phenoxy) is 3. The van der Waals surface area contributed by atoms with Crippen LogP contribution >= 0.6 is 0 Å². The SMILES string of the molecule is C=CCOC(=O)C1=C(C)CC(=O)NC1c1cn(-c2ccccc2)nc1-c1ccc(OC)c(OC)c1. The Kier molecular flexibility index (Phi) is 7.01. The number of nitrogens with one attached hydrogen (secondary N) is 1. The summed E-state index contributed by atoms with van der Waals surface area (Å²) in [5.41, 5.74) is 3.85. The van der Waals surface area contributed by atoms with Gasteiger partial charge in [0.15, 0.2) is 11.5 Å². The molecule has 3 aromatic rings. The summed E-state index contributed by atoms with van der Waals surface area (Å²) in [6.07, 6.45) is 3.45. The molecule has 1 N–H and O–H groups in total. The third kappa shape index (κ3) is 4.82. The minimum atomic E-state index is -0.742. The van der Waals surface area contributed by atoms with Crippen LogP contribution in [0, 0.1) is 0 Å². The van der Waals surface area contributed by atoms with E-state index in [1.54, 1.807) is 31.9 Å². The third-order valence-electron chi connectivity index (χ3n) is 5.76. The van der Waals surface area contributed by atoms with Crippen LogP contribution in [0.1, 0.15) is 24.9 Å². The van der Waals surface area contributed by atoms with Crippen molar-refractivity contribution in [1.82, 2.24) is 15.1 Å². The van der Waals surface area contributed by atoms with Crippen LogP contribution in [0.25, 0.3) is 16.9 Å². The molecule has 0 bridgehead atoms. The van der Waals surface area contributed by atoms with Crippen LogP contribution in [0.15, 0.2) is 78.5 Å². The predicted octanol–water partition coefficient (Wildman–Crippen LogP) is 4.16. The van der Waals surface area contributed by atoms with Crippen LogP contribution in [-0.4, -0.2) is 42.5 Å². The Morgan fingerprint density at radius 1 is 1.17 bits per heavy atom. The summed E-state index contributed by atoms with van der Waals surface area (Å²) >= 11 is 0. The van der Waals surface area contributed by atoms with Crippen molar-refractivity contribution in [1.29, 1.82) is 0 Å². The van der Waals surface area contributed by atoms with Gasteiger partial charge in [0.2, 0.25) is 5.91 Å². The zero-order chi connectivity index (χ0) is 24.9. The molecule has 8 heteroatoms. The summed E-state index contributed by atoms with van der Waals surface area (Å²) in [4.78, 5) is 25.6. The van der Waals surface area contributed by atoms with Crippen molar-refractivity contribution in [3.63, 3.8) is 0 Å². The van der Waals surface area contributed by atoms with E-state index in [9.17, 15) is 9.59 Å². The molecule has 0 saturated heterocycles.